The van der Waals surface area contributed by atoms with Crippen LogP contribution in [0.2, 0.25) is 0 Å². The van der Waals surface area contributed by atoms with Gasteiger partial charge in [0.05, 0.1) is 6.10 Å². The lowest BCUT2D eigenvalue weighted by Gasteiger charge is -2.33. The van der Waals surface area contributed by atoms with Gasteiger partial charge >= 0.3 is 5.97 Å². The maximum absolute atomic E-state index is 10.8. The molecule has 2 atom stereocenters. The lowest BCUT2D eigenvalue weighted by Crippen LogP contribution is -2.47. The first-order valence-corrected chi connectivity index (χ1v) is 4.80. The van der Waals surface area contributed by atoms with E-state index in [1.165, 1.54) is 0 Å². The first kappa shape index (κ1) is 10.5. The van der Waals surface area contributed by atoms with Crippen molar-refractivity contribution < 1.29 is 15.0 Å². The zero-order valence-corrected chi connectivity index (χ0v) is 7.94. The van der Waals surface area contributed by atoms with Crippen LogP contribution in [0.4, 0.5) is 0 Å². The highest BCUT2D eigenvalue weighted by atomic mass is 16.4. The van der Waals surface area contributed by atoms with E-state index in [4.69, 9.17) is 5.11 Å². The Morgan fingerprint density at radius 3 is 2.85 bits per heavy atom. The van der Waals surface area contributed by atoms with E-state index in [1.54, 1.807) is 0 Å². The minimum atomic E-state index is -0.781. The summed E-state index contributed by atoms with van der Waals surface area (Å²) in [5, 5.41) is 18.3. The highest BCUT2D eigenvalue weighted by Crippen LogP contribution is 2.14. The van der Waals surface area contributed by atoms with Crippen molar-refractivity contribution in [3.8, 4) is 0 Å². The van der Waals surface area contributed by atoms with Crippen LogP contribution in [-0.2, 0) is 4.79 Å². The number of carboxylic acid groups (broad SMARTS) is 1. The average molecular weight is 187 g/mol. The van der Waals surface area contributed by atoms with Crippen LogP contribution in [0.1, 0.15) is 26.2 Å². The van der Waals surface area contributed by atoms with Crippen LogP contribution in [0.25, 0.3) is 0 Å². The molecule has 1 aliphatic rings. The molecule has 13 heavy (non-hydrogen) atoms. The smallest absolute Gasteiger partial charge is 0.320 e. The SMILES string of the molecule is CC[C@@H](C(=O)O)N1CCC[C@H](O)C1. The third kappa shape index (κ3) is 2.67. The number of nitrogens with zero attached hydrogens (tertiary/aromatic N) is 1. The monoisotopic (exact) mass is 187 g/mol. The molecule has 76 valence electrons. The summed E-state index contributed by atoms with van der Waals surface area (Å²) in [6, 6.07) is -0.421. The van der Waals surface area contributed by atoms with E-state index >= 15 is 0 Å². The minimum Gasteiger partial charge on any atom is -0.480 e. The van der Waals surface area contributed by atoms with Crippen LogP contribution in [0.15, 0.2) is 0 Å². The molecule has 0 aromatic rings. The third-order valence-corrected chi connectivity index (χ3v) is 2.54. The van der Waals surface area contributed by atoms with Crippen molar-refractivity contribution in [3.05, 3.63) is 0 Å². The first-order valence-electron chi connectivity index (χ1n) is 4.80. The molecular weight excluding hydrogens is 170 g/mol. The van der Waals surface area contributed by atoms with Crippen LogP contribution in [0.3, 0.4) is 0 Å². The van der Waals surface area contributed by atoms with Crippen LogP contribution < -0.4 is 0 Å². The highest BCUT2D eigenvalue weighted by Gasteiger charge is 2.27. The highest BCUT2D eigenvalue weighted by molar-refractivity contribution is 5.73. The van der Waals surface area contributed by atoms with E-state index in [9.17, 15) is 9.90 Å². The maximum Gasteiger partial charge on any atom is 0.320 e. The Kier molecular flexibility index (Phi) is 3.69. The second-order valence-corrected chi connectivity index (χ2v) is 3.55. The second-order valence-electron chi connectivity index (χ2n) is 3.55. The number of carbonyl (C=O) groups is 1. The predicted octanol–water partition coefficient (Wildman–Crippen LogP) is 0.306. The Bertz CT molecular complexity index is 184. The fourth-order valence-corrected chi connectivity index (χ4v) is 1.86. The summed E-state index contributed by atoms with van der Waals surface area (Å²) in [5.74, 6) is -0.781. The van der Waals surface area contributed by atoms with Gasteiger partial charge in [-0.3, -0.25) is 9.69 Å². The van der Waals surface area contributed by atoms with Crippen LogP contribution in [-0.4, -0.2) is 46.3 Å². The van der Waals surface area contributed by atoms with Crippen molar-refractivity contribution in [1.29, 1.82) is 0 Å². The van der Waals surface area contributed by atoms with Crippen LogP contribution >= 0.6 is 0 Å². The van der Waals surface area contributed by atoms with Crippen molar-refractivity contribution in [3.63, 3.8) is 0 Å². The van der Waals surface area contributed by atoms with Crippen molar-refractivity contribution in [2.24, 2.45) is 0 Å². The molecule has 0 aromatic heterocycles. The summed E-state index contributed by atoms with van der Waals surface area (Å²) in [6.45, 7) is 3.16. The number of hydrogen-bond donors (Lipinski definition) is 2. The molecule has 1 heterocycles. The standard InChI is InChI=1S/C9H17NO3/c1-2-8(9(12)13)10-5-3-4-7(11)6-10/h7-8,11H,2-6H2,1H3,(H,12,13)/t7-,8-/m0/s1. The molecule has 0 saturated carbocycles. The van der Waals surface area contributed by atoms with Gasteiger partial charge in [-0.05, 0) is 25.8 Å². The summed E-state index contributed by atoms with van der Waals surface area (Å²) >= 11 is 0. The zero-order chi connectivity index (χ0) is 9.84. The molecule has 0 radical (unpaired) electrons. The molecule has 0 aromatic carbocycles. The first-order chi connectivity index (χ1) is 6.15. The van der Waals surface area contributed by atoms with Crippen molar-refractivity contribution in [2.45, 2.75) is 38.3 Å². The van der Waals surface area contributed by atoms with E-state index in [0.717, 1.165) is 19.4 Å². The van der Waals surface area contributed by atoms with Gasteiger partial charge in [-0.25, -0.2) is 0 Å². The Morgan fingerprint density at radius 2 is 2.38 bits per heavy atom. The second kappa shape index (κ2) is 4.58. The molecule has 0 aliphatic carbocycles. The summed E-state index contributed by atoms with van der Waals surface area (Å²) < 4.78 is 0. The number of β-amino-alcohol motifs (C(OH)–C–C–N with tert-alkyl or cyclic N) is 1. The van der Waals surface area contributed by atoms with Crippen LogP contribution in [0, 0.1) is 0 Å². The minimum absolute atomic E-state index is 0.345. The summed E-state index contributed by atoms with van der Waals surface area (Å²) in [4.78, 5) is 12.7. The van der Waals surface area contributed by atoms with E-state index < -0.39 is 12.0 Å². The maximum atomic E-state index is 10.8. The average Bonchev–Trinajstić information content (AvgIpc) is 2.04. The number of likely N-dealkylation sites (tertiary alicyclic amines) is 1. The third-order valence-electron chi connectivity index (χ3n) is 2.54. The zero-order valence-electron chi connectivity index (χ0n) is 7.94. The molecule has 0 unspecified atom stereocenters. The molecule has 0 amide bonds. The Hall–Kier alpha value is -0.610. The van der Waals surface area contributed by atoms with E-state index in [1.807, 2.05) is 11.8 Å². The normalized spacial score (nSPS) is 27.1. The van der Waals surface area contributed by atoms with Crippen molar-refractivity contribution >= 4 is 5.97 Å². The molecular formula is C9H17NO3. The number of hydrogen-bond acceptors (Lipinski definition) is 3. The van der Waals surface area contributed by atoms with Crippen molar-refractivity contribution in [1.82, 2.24) is 4.90 Å². The topological polar surface area (TPSA) is 60.8 Å². The quantitative estimate of drug-likeness (QED) is 0.667. The summed E-state index contributed by atoms with van der Waals surface area (Å²) in [6.07, 6.45) is 1.95. The van der Waals surface area contributed by atoms with Gasteiger partial charge in [-0.2, -0.15) is 0 Å². The number of carboxylic acids is 1. The Balaban J connectivity index is 2.52. The molecule has 4 nitrogen and oxygen atoms in total. The molecule has 2 N–H and O–H groups in total. The van der Waals surface area contributed by atoms with Gasteiger partial charge in [0, 0.05) is 6.54 Å². The number of aliphatic hydroxyl groups is 1. The van der Waals surface area contributed by atoms with E-state index in [-0.39, 0.29) is 6.10 Å². The molecule has 1 rings (SSSR count). The molecule has 4 heteroatoms. The predicted molar refractivity (Wildman–Crippen MR) is 48.5 cm³/mol. The van der Waals surface area contributed by atoms with Crippen molar-refractivity contribution in [2.75, 3.05) is 13.1 Å². The lowest BCUT2D eigenvalue weighted by atomic mass is 10.0. The largest absolute Gasteiger partial charge is 0.480 e. The van der Waals surface area contributed by atoms with Crippen LogP contribution in [0.5, 0.6) is 0 Å². The summed E-state index contributed by atoms with van der Waals surface area (Å²) in [5.41, 5.74) is 0. The van der Waals surface area contributed by atoms with Gasteiger partial charge in [-0.1, -0.05) is 6.92 Å². The fraction of sp³-hybridized carbons (Fsp3) is 0.889. The Labute approximate surface area is 78.2 Å². The number of aliphatic hydroxyl groups excluding tert-OH is 1. The molecule has 1 aliphatic heterocycles. The number of piperidine rings is 1. The van der Waals surface area contributed by atoms with E-state index in [2.05, 4.69) is 0 Å². The number of rotatable bonds is 3. The van der Waals surface area contributed by atoms with Gasteiger partial charge in [0.2, 0.25) is 0 Å². The number of aliphatic carboxylic acids is 1. The fourth-order valence-electron chi connectivity index (χ4n) is 1.86. The van der Waals surface area contributed by atoms with E-state index in [0.29, 0.717) is 13.0 Å². The molecule has 0 spiro atoms. The Morgan fingerprint density at radius 1 is 1.69 bits per heavy atom. The van der Waals surface area contributed by atoms with Gasteiger partial charge in [-0.15, -0.1) is 0 Å². The molecule has 1 fully saturated rings. The molecule has 0 bridgehead atoms. The van der Waals surface area contributed by atoms with Gasteiger partial charge in [0.1, 0.15) is 6.04 Å². The lowest BCUT2D eigenvalue weighted by molar-refractivity contribution is -0.144. The van der Waals surface area contributed by atoms with Gasteiger partial charge < -0.3 is 10.2 Å². The molecule has 1 saturated heterocycles. The van der Waals surface area contributed by atoms with Gasteiger partial charge in [0.25, 0.3) is 0 Å². The summed E-state index contributed by atoms with van der Waals surface area (Å²) in [7, 11) is 0. The van der Waals surface area contributed by atoms with Gasteiger partial charge in [0.15, 0.2) is 0 Å².